The molecule has 13 nitrogen and oxygen atoms in total. The number of carbonyl (C=O) groups excluding carboxylic acids is 3. The highest BCUT2D eigenvalue weighted by Gasteiger charge is 2.30. The van der Waals surface area contributed by atoms with E-state index in [0.29, 0.717) is 30.5 Å². The van der Waals surface area contributed by atoms with Crippen LogP contribution in [0.4, 0.5) is 0 Å². The molecule has 0 spiro atoms. The van der Waals surface area contributed by atoms with E-state index in [1.807, 2.05) is 24.3 Å². The van der Waals surface area contributed by atoms with Crippen LogP contribution < -0.4 is 31.1 Å². The Hall–Kier alpha value is -3.52. The number of rotatable bonds is 18. The van der Waals surface area contributed by atoms with Gasteiger partial charge in [-0.15, -0.1) is 0 Å². The van der Waals surface area contributed by atoms with Crippen LogP contribution in [0.25, 0.3) is 10.9 Å². The van der Waals surface area contributed by atoms with Gasteiger partial charge in [-0.1, -0.05) is 76.1 Å². The van der Waals surface area contributed by atoms with Crippen LogP contribution in [0.3, 0.4) is 0 Å². The molecule has 7 N–H and O–H groups in total. The first-order valence-corrected chi connectivity index (χ1v) is 19.1. The Bertz CT molecular complexity index is 1690. The number of aromatic nitrogens is 1. The van der Waals surface area contributed by atoms with E-state index in [1.54, 1.807) is 50.4 Å². The van der Waals surface area contributed by atoms with E-state index in [9.17, 15) is 37.7 Å². The number of nitrogens with two attached hydrogens (primary N) is 1. The average Bonchev–Trinajstić information content (AvgIpc) is 3.41. The van der Waals surface area contributed by atoms with Crippen molar-refractivity contribution in [3.63, 3.8) is 0 Å². The molecule has 0 aliphatic heterocycles. The Morgan fingerprint density at radius 1 is 1.00 bits per heavy atom. The van der Waals surface area contributed by atoms with E-state index in [0.717, 1.165) is 17.2 Å². The third-order valence-electron chi connectivity index (χ3n) is 7.81. The number of aromatic amines is 1. The Kier molecular flexibility index (Phi) is 13.8. The van der Waals surface area contributed by atoms with E-state index in [-0.39, 0.29) is 24.7 Å². The topological polar surface area (TPSA) is 230 Å². The molecule has 4 atom stereocenters. The van der Waals surface area contributed by atoms with Crippen LogP contribution in [0.5, 0.6) is 0 Å². The van der Waals surface area contributed by atoms with Crippen LogP contribution in [0.1, 0.15) is 44.2 Å². The summed E-state index contributed by atoms with van der Waals surface area (Å²) in [7, 11) is -8.32. The number of H-pyrrole nitrogens is 1. The Balaban J connectivity index is 1.92. The van der Waals surface area contributed by atoms with E-state index in [2.05, 4.69) is 20.3 Å². The van der Waals surface area contributed by atoms with Gasteiger partial charge in [-0.25, -0.2) is 13.1 Å². The number of hydrogen-bond donors (Lipinski definition) is 6. The highest BCUT2D eigenvalue weighted by Crippen LogP contribution is 2.39. The molecule has 15 heteroatoms. The van der Waals surface area contributed by atoms with Gasteiger partial charge in [0.1, 0.15) is 6.04 Å². The number of para-hydroxylation sites is 1. The molecule has 1 aromatic heterocycles. The van der Waals surface area contributed by atoms with Gasteiger partial charge in [-0.05, 0) is 48.7 Å². The average molecular weight is 690 g/mol. The lowest BCUT2D eigenvalue weighted by molar-refractivity contribution is -0.308. The molecule has 1 heterocycles. The smallest absolute Gasteiger partial charge is 0.242 e. The van der Waals surface area contributed by atoms with Gasteiger partial charge >= 0.3 is 0 Å². The fraction of sp³-hybridized carbons (Fsp3) is 0.438. The Morgan fingerprint density at radius 3 is 2.28 bits per heavy atom. The molecule has 0 aliphatic carbocycles. The molecule has 2 unspecified atom stereocenters. The summed E-state index contributed by atoms with van der Waals surface area (Å²) < 4.78 is 26.3. The molecule has 47 heavy (non-hydrogen) atoms. The van der Waals surface area contributed by atoms with Crippen molar-refractivity contribution in [1.82, 2.24) is 20.3 Å². The molecule has 258 valence electrons. The summed E-state index contributed by atoms with van der Waals surface area (Å²) in [6.45, 7) is 3.66. The zero-order valence-electron chi connectivity index (χ0n) is 26.8. The monoisotopic (exact) mass is 689 g/mol. The molecular formula is C32H44N5O8PS-2. The third kappa shape index (κ3) is 11.6. The molecule has 0 bridgehead atoms. The first-order chi connectivity index (χ1) is 22.1. The maximum absolute atomic E-state index is 14.1. The number of amides is 2. The first kappa shape index (κ1) is 37.9. The molecule has 3 rings (SSSR count). The van der Waals surface area contributed by atoms with Gasteiger partial charge in [0, 0.05) is 41.3 Å². The fourth-order valence-electron chi connectivity index (χ4n) is 5.23. The number of sulfonamides is 1. The van der Waals surface area contributed by atoms with Crippen molar-refractivity contribution in [2.24, 2.45) is 17.6 Å². The van der Waals surface area contributed by atoms with Gasteiger partial charge in [0.15, 0.2) is 0 Å². The van der Waals surface area contributed by atoms with Crippen molar-refractivity contribution < 1.29 is 37.7 Å². The highest BCUT2D eigenvalue weighted by atomic mass is 32.2. The van der Waals surface area contributed by atoms with Gasteiger partial charge < -0.3 is 41.0 Å². The number of unbranched alkanes of at least 4 members (excludes halogenated alkanes) is 1. The van der Waals surface area contributed by atoms with Crippen LogP contribution in [0.2, 0.25) is 0 Å². The summed E-state index contributed by atoms with van der Waals surface area (Å²) in [5.41, 5.74) is 7.31. The molecule has 0 saturated carbocycles. The maximum atomic E-state index is 14.1. The number of carbonyl (C=O) groups is 3. The largest absolute Gasteiger partial charge is 0.808 e. The standard InChI is InChI=1S/C32H45N5O8PS/c1-21(2)25(30(38)35-28(32(40)41)18-23-19-34-26-14-8-7-13-24(23)26)20-46(42,43)29(17-22-11-5-4-6-12-22)36-31(39)27(15-9-10-16-33)37-47(3,44)45/h4-8,11-14,19,21,25,27-28,34,37H,9-10,15-18,20,33H2,1-3H3,(H4-,35,36,38,39,40,41,42,43)/q-1/p-1/t25?,27-,28-/m0/s1. The summed E-state index contributed by atoms with van der Waals surface area (Å²) in [6.07, 6.45) is 2.77. The van der Waals surface area contributed by atoms with Crippen molar-refractivity contribution in [3.8, 4) is 0 Å². The Morgan fingerprint density at radius 2 is 1.66 bits per heavy atom. The van der Waals surface area contributed by atoms with Crippen LogP contribution in [0.15, 0.2) is 60.8 Å². The number of carboxylic acid groups (broad SMARTS) is 1. The van der Waals surface area contributed by atoms with Crippen LogP contribution in [0, 0.1) is 11.8 Å². The van der Waals surface area contributed by atoms with Crippen molar-refractivity contribution in [2.75, 3.05) is 19.0 Å². The molecule has 3 aromatic rings. The predicted octanol–water partition coefficient (Wildman–Crippen LogP) is -0.0469. The summed E-state index contributed by atoms with van der Waals surface area (Å²) in [5, 5.41) is 17.9. The van der Waals surface area contributed by atoms with Crippen LogP contribution >= 0.6 is 7.34 Å². The molecule has 2 aromatic carbocycles. The minimum atomic E-state index is -4.51. The zero-order valence-corrected chi connectivity index (χ0v) is 28.5. The number of aliphatic carboxylic acids is 1. The molecule has 2 amide bonds. The van der Waals surface area contributed by atoms with E-state index >= 15 is 0 Å². The molecule has 0 fully saturated rings. The lowest BCUT2D eigenvalue weighted by atomic mass is 9.96. The number of hydrogen-bond acceptors (Lipinski definition) is 9. The van der Waals surface area contributed by atoms with Gasteiger partial charge in [0.25, 0.3) is 0 Å². The van der Waals surface area contributed by atoms with E-state index < -0.39 is 65.2 Å². The zero-order chi connectivity index (χ0) is 34.8. The molecular weight excluding hydrogens is 645 g/mol. The van der Waals surface area contributed by atoms with Crippen molar-refractivity contribution in [3.05, 3.63) is 71.9 Å². The maximum Gasteiger partial charge on any atom is 0.242 e. The number of nitrogens with one attached hydrogen (secondary N) is 4. The highest BCUT2D eigenvalue weighted by molar-refractivity contribution is 7.88. The third-order valence-corrected chi connectivity index (χ3v) is 10.5. The molecule has 0 aliphatic rings. The lowest BCUT2D eigenvalue weighted by Gasteiger charge is -2.36. The minimum absolute atomic E-state index is 0.0833. The Labute approximate surface area is 275 Å². The van der Waals surface area contributed by atoms with E-state index in [1.165, 1.54) is 0 Å². The van der Waals surface area contributed by atoms with Gasteiger partial charge in [0.2, 0.25) is 21.8 Å². The van der Waals surface area contributed by atoms with Crippen molar-refractivity contribution in [2.45, 2.75) is 58.0 Å². The fourth-order valence-corrected chi connectivity index (χ4v) is 8.03. The second-order valence-corrected chi connectivity index (χ2v) is 16.1. The number of carboxylic acids is 1. The lowest BCUT2D eigenvalue weighted by Crippen LogP contribution is -2.52. The molecule has 0 saturated heterocycles. The van der Waals surface area contributed by atoms with E-state index in [4.69, 9.17) is 5.73 Å². The number of fused-ring (bicyclic) bond motifs is 1. The SMILES string of the molecule is CC(C)C(CP([O-])(O)=C(Cc1ccccc1)NC(=O)[C@H](CCCCN)NS(C)(=O)=O)C(=O)N[C@@H](Cc1c[nH]c2ccccc12)C(=O)[O-]. The minimum Gasteiger partial charge on any atom is -0.808 e. The number of benzene rings is 2. The van der Waals surface area contributed by atoms with Crippen LogP contribution in [-0.2, 0) is 37.2 Å². The second-order valence-electron chi connectivity index (χ2n) is 12.0. The first-order valence-electron chi connectivity index (χ1n) is 15.4. The summed E-state index contributed by atoms with van der Waals surface area (Å²) in [6, 6.07) is 13.2. The van der Waals surface area contributed by atoms with Gasteiger partial charge in [-0.2, -0.15) is 0 Å². The van der Waals surface area contributed by atoms with Crippen molar-refractivity contribution in [1.29, 1.82) is 0 Å². The normalized spacial score (nSPS) is 15.0. The van der Waals surface area contributed by atoms with Crippen LogP contribution in [-0.4, -0.2) is 72.5 Å². The summed E-state index contributed by atoms with van der Waals surface area (Å²) in [5.74, 6) is -4.73. The summed E-state index contributed by atoms with van der Waals surface area (Å²) in [4.78, 5) is 67.7. The summed E-state index contributed by atoms with van der Waals surface area (Å²) >= 11 is 0. The molecule has 0 radical (unpaired) electrons. The second kappa shape index (κ2) is 17.0. The quantitative estimate of drug-likeness (QED) is 0.0776. The van der Waals surface area contributed by atoms with Gasteiger partial charge in [-0.3, -0.25) is 9.59 Å². The van der Waals surface area contributed by atoms with Gasteiger partial charge in [0.05, 0.1) is 18.3 Å². The van der Waals surface area contributed by atoms with Crippen molar-refractivity contribution >= 4 is 51.5 Å². The predicted molar refractivity (Wildman–Crippen MR) is 179 cm³/mol.